The molecule has 0 heterocycles. The molecule has 0 aliphatic heterocycles. The summed E-state index contributed by atoms with van der Waals surface area (Å²) < 4.78 is 0. The molecular weight excluding hydrogens is 344 g/mol. The summed E-state index contributed by atoms with van der Waals surface area (Å²) in [4.78, 5) is 12.8. The maximum absolute atomic E-state index is 12.8. The fourth-order valence-corrected chi connectivity index (χ4v) is 5.05. The van der Waals surface area contributed by atoms with Crippen molar-refractivity contribution in [1.82, 2.24) is 0 Å². The van der Waals surface area contributed by atoms with Crippen molar-refractivity contribution in [3.8, 4) is 0 Å². The average molecular weight is 377 g/mol. The van der Waals surface area contributed by atoms with Crippen molar-refractivity contribution in [2.75, 3.05) is 0 Å². The lowest BCUT2D eigenvalue weighted by Crippen LogP contribution is -2.13. The summed E-state index contributed by atoms with van der Waals surface area (Å²) in [5.41, 5.74) is 3.98. The first-order valence-electron chi connectivity index (χ1n) is 11.1. The molecule has 2 aliphatic rings. The molecule has 28 heavy (non-hydrogen) atoms. The zero-order valence-electron chi connectivity index (χ0n) is 16.8. The van der Waals surface area contributed by atoms with Crippen LogP contribution >= 0.6 is 0 Å². The molecule has 0 bridgehead atoms. The molecule has 0 saturated heterocycles. The van der Waals surface area contributed by atoms with E-state index in [9.17, 15) is 9.90 Å². The lowest BCUT2D eigenvalue weighted by molar-refractivity contribution is 0.0747. The Morgan fingerprint density at radius 3 is 1.57 bits per heavy atom. The Balaban J connectivity index is 1.42. The largest absolute Gasteiger partial charge is 0.380 e. The third-order valence-corrected chi connectivity index (χ3v) is 6.85. The predicted molar refractivity (Wildman–Crippen MR) is 114 cm³/mol. The molecule has 2 aromatic carbocycles. The van der Waals surface area contributed by atoms with Crippen LogP contribution in [0.1, 0.15) is 109 Å². The number of benzene rings is 2. The number of Topliss-reactive ketones (excluding diaryl/α,β-unsaturated/α-hetero) is 1. The normalized spacial score (nSPS) is 20.0. The van der Waals surface area contributed by atoms with Crippen molar-refractivity contribution in [3.05, 3.63) is 70.8 Å². The van der Waals surface area contributed by atoms with Crippen LogP contribution in [0.2, 0.25) is 0 Å². The summed E-state index contributed by atoms with van der Waals surface area (Å²) in [6.45, 7) is 0. The molecule has 2 heteroatoms. The van der Waals surface area contributed by atoms with Crippen molar-refractivity contribution < 1.29 is 9.90 Å². The second-order valence-electron chi connectivity index (χ2n) is 8.73. The minimum atomic E-state index is -1.08. The Morgan fingerprint density at radius 2 is 1.11 bits per heavy atom. The minimum absolute atomic E-state index is 0.208. The van der Waals surface area contributed by atoms with Gasteiger partial charge in [-0.05, 0) is 54.2 Å². The summed E-state index contributed by atoms with van der Waals surface area (Å²) in [7, 11) is 0. The highest BCUT2D eigenvalue weighted by Crippen LogP contribution is 2.34. The van der Waals surface area contributed by atoms with Crippen LogP contribution in [0.25, 0.3) is 0 Å². The van der Waals surface area contributed by atoms with Gasteiger partial charge in [0, 0.05) is 5.56 Å². The average Bonchev–Trinajstić information content (AvgIpc) is 2.79. The third kappa shape index (κ3) is 4.38. The van der Waals surface area contributed by atoms with Crippen LogP contribution in [0.4, 0.5) is 0 Å². The molecular formula is C26H32O2. The zero-order chi connectivity index (χ0) is 19.3. The van der Waals surface area contributed by atoms with Crippen molar-refractivity contribution in [3.63, 3.8) is 0 Å². The summed E-state index contributed by atoms with van der Waals surface area (Å²) in [5.74, 6) is 1.07. The quantitative estimate of drug-likeness (QED) is 0.590. The van der Waals surface area contributed by atoms with Crippen molar-refractivity contribution in [1.29, 1.82) is 0 Å². The molecule has 148 valence electrons. The highest BCUT2D eigenvalue weighted by molar-refractivity contribution is 5.99. The number of aliphatic hydroxyl groups excluding tert-OH is 1. The van der Waals surface area contributed by atoms with Crippen molar-refractivity contribution in [2.24, 2.45) is 0 Å². The molecule has 2 fully saturated rings. The minimum Gasteiger partial charge on any atom is -0.380 e. The molecule has 0 radical (unpaired) electrons. The van der Waals surface area contributed by atoms with Crippen LogP contribution in [0.15, 0.2) is 48.5 Å². The molecule has 0 spiro atoms. The number of rotatable bonds is 5. The SMILES string of the molecule is O=C(c1ccc(C2CCCCC2)cc1)[C@@H](O)c1ccc(C2CCCCC2)cc1. The van der Waals surface area contributed by atoms with E-state index in [1.54, 1.807) is 0 Å². The Bertz CT molecular complexity index is 763. The van der Waals surface area contributed by atoms with Gasteiger partial charge in [-0.15, -0.1) is 0 Å². The zero-order valence-corrected chi connectivity index (χ0v) is 16.8. The fourth-order valence-electron chi connectivity index (χ4n) is 5.05. The van der Waals surface area contributed by atoms with Crippen LogP contribution in [-0.2, 0) is 0 Å². The topological polar surface area (TPSA) is 37.3 Å². The first kappa shape index (κ1) is 19.4. The van der Waals surface area contributed by atoms with Crippen LogP contribution in [0, 0.1) is 0 Å². The summed E-state index contributed by atoms with van der Waals surface area (Å²) in [6, 6.07) is 16.0. The second-order valence-corrected chi connectivity index (χ2v) is 8.73. The van der Waals surface area contributed by atoms with Gasteiger partial charge in [-0.25, -0.2) is 0 Å². The van der Waals surface area contributed by atoms with Gasteiger partial charge in [0.15, 0.2) is 5.78 Å². The van der Waals surface area contributed by atoms with Gasteiger partial charge in [0.1, 0.15) is 6.10 Å². The van der Waals surface area contributed by atoms with Crippen LogP contribution in [0.3, 0.4) is 0 Å². The summed E-state index contributed by atoms with van der Waals surface area (Å²) in [5, 5.41) is 10.6. The molecule has 2 aliphatic carbocycles. The molecule has 4 rings (SSSR count). The number of aliphatic hydroxyl groups is 1. The smallest absolute Gasteiger partial charge is 0.195 e. The molecule has 2 saturated carbocycles. The Morgan fingerprint density at radius 1 is 0.679 bits per heavy atom. The Labute approximate surface area is 169 Å². The number of hydrogen-bond donors (Lipinski definition) is 1. The Kier molecular flexibility index (Phi) is 6.26. The van der Waals surface area contributed by atoms with E-state index in [-0.39, 0.29) is 5.78 Å². The van der Waals surface area contributed by atoms with E-state index in [2.05, 4.69) is 24.3 Å². The van der Waals surface area contributed by atoms with E-state index in [4.69, 9.17) is 0 Å². The van der Waals surface area contributed by atoms with Gasteiger partial charge in [0.2, 0.25) is 0 Å². The maximum Gasteiger partial charge on any atom is 0.195 e. The standard InChI is InChI=1S/C26H32O2/c27-25(23-15-11-21(12-16-23)19-7-3-1-4-8-19)26(28)24-17-13-22(14-18-24)20-9-5-2-6-10-20/h11-20,25,27H,1-10H2/t25-/m0/s1. The number of carbonyl (C=O) groups is 1. The highest BCUT2D eigenvalue weighted by Gasteiger charge is 2.22. The van der Waals surface area contributed by atoms with Gasteiger partial charge in [0.25, 0.3) is 0 Å². The molecule has 0 unspecified atom stereocenters. The van der Waals surface area contributed by atoms with Gasteiger partial charge >= 0.3 is 0 Å². The predicted octanol–water partition coefficient (Wildman–Crippen LogP) is 6.70. The van der Waals surface area contributed by atoms with E-state index < -0.39 is 6.10 Å². The second kappa shape index (κ2) is 9.05. The molecule has 1 atom stereocenters. The molecule has 2 nitrogen and oxygen atoms in total. The van der Waals surface area contributed by atoms with Crippen molar-refractivity contribution in [2.45, 2.75) is 82.1 Å². The number of carbonyl (C=O) groups excluding carboxylic acids is 1. The first-order chi connectivity index (χ1) is 13.7. The van der Waals surface area contributed by atoms with Gasteiger partial charge in [-0.1, -0.05) is 87.1 Å². The molecule has 1 N–H and O–H groups in total. The van der Waals surface area contributed by atoms with Crippen LogP contribution in [-0.4, -0.2) is 10.9 Å². The van der Waals surface area contributed by atoms with Gasteiger partial charge in [-0.2, -0.15) is 0 Å². The highest BCUT2D eigenvalue weighted by atomic mass is 16.3. The van der Waals surface area contributed by atoms with Gasteiger partial charge in [-0.3, -0.25) is 4.79 Å². The lowest BCUT2D eigenvalue weighted by Gasteiger charge is -2.22. The van der Waals surface area contributed by atoms with Crippen LogP contribution in [0.5, 0.6) is 0 Å². The number of ketones is 1. The first-order valence-corrected chi connectivity index (χ1v) is 11.1. The molecule has 0 amide bonds. The van der Waals surface area contributed by atoms with E-state index >= 15 is 0 Å². The van der Waals surface area contributed by atoms with Gasteiger partial charge in [0.05, 0.1) is 0 Å². The van der Waals surface area contributed by atoms with E-state index in [1.165, 1.54) is 75.3 Å². The summed E-state index contributed by atoms with van der Waals surface area (Å²) in [6.07, 6.45) is 11.9. The van der Waals surface area contributed by atoms with Gasteiger partial charge < -0.3 is 5.11 Å². The fraction of sp³-hybridized carbons (Fsp3) is 0.500. The van der Waals surface area contributed by atoms with Crippen LogP contribution < -0.4 is 0 Å². The Hall–Kier alpha value is -1.93. The monoisotopic (exact) mass is 376 g/mol. The number of hydrogen-bond acceptors (Lipinski definition) is 2. The van der Waals surface area contributed by atoms with Crippen molar-refractivity contribution >= 4 is 5.78 Å². The van der Waals surface area contributed by atoms with E-state index in [0.29, 0.717) is 23.0 Å². The van der Waals surface area contributed by atoms with E-state index in [1.807, 2.05) is 24.3 Å². The maximum atomic E-state index is 12.8. The molecule has 0 aromatic heterocycles. The lowest BCUT2D eigenvalue weighted by atomic mass is 9.83. The molecule has 2 aromatic rings. The van der Waals surface area contributed by atoms with E-state index in [0.717, 1.165) is 0 Å². The summed E-state index contributed by atoms with van der Waals surface area (Å²) >= 11 is 0. The third-order valence-electron chi connectivity index (χ3n) is 6.85.